The number of benzene rings is 1. The van der Waals surface area contributed by atoms with Crippen LogP contribution in [0.5, 0.6) is 5.75 Å². The van der Waals surface area contributed by atoms with Crippen molar-refractivity contribution in [1.82, 2.24) is 5.32 Å². The van der Waals surface area contributed by atoms with Gasteiger partial charge in [-0.05, 0) is 38.5 Å². The lowest BCUT2D eigenvalue weighted by Crippen LogP contribution is -2.44. The first-order valence-electron chi connectivity index (χ1n) is 5.23. The molecule has 0 aliphatic carbocycles. The molecule has 0 spiro atoms. The predicted molar refractivity (Wildman–Crippen MR) is 81.7 cm³/mol. The quantitative estimate of drug-likeness (QED) is 0.436. The molecule has 0 aromatic heterocycles. The van der Waals surface area contributed by atoms with Crippen LogP contribution in [0.25, 0.3) is 0 Å². The average molecular weight is 349 g/mol. The highest BCUT2D eigenvalue weighted by Crippen LogP contribution is 2.10. The maximum absolute atomic E-state index is 9.11. The lowest BCUT2D eigenvalue weighted by molar-refractivity contribution is 0.475. The van der Waals surface area contributed by atoms with Gasteiger partial charge in [0.1, 0.15) is 5.75 Å². The molecular formula is C12H20IN3O. The predicted octanol–water partition coefficient (Wildman–Crippen LogP) is 2.21. The van der Waals surface area contributed by atoms with Crippen LogP contribution < -0.4 is 11.1 Å². The highest BCUT2D eigenvalue weighted by atomic mass is 127. The van der Waals surface area contributed by atoms with Crippen molar-refractivity contribution in [2.24, 2.45) is 10.7 Å². The molecule has 0 atom stereocenters. The van der Waals surface area contributed by atoms with E-state index in [-0.39, 0.29) is 35.3 Å². The van der Waals surface area contributed by atoms with Gasteiger partial charge in [-0.15, -0.1) is 24.0 Å². The van der Waals surface area contributed by atoms with E-state index in [9.17, 15) is 0 Å². The first-order chi connectivity index (χ1) is 7.37. The first-order valence-corrected chi connectivity index (χ1v) is 5.23. The Morgan fingerprint density at radius 2 is 1.82 bits per heavy atom. The standard InChI is InChI=1S/C12H19N3O.HI/c1-12(2,3)15-11(13)14-8-9-4-6-10(16)7-5-9;/h4-7,16H,8H2,1-3H3,(H3,13,14,15);1H. The fourth-order valence-corrected chi connectivity index (χ4v) is 1.20. The third-order valence-corrected chi connectivity index (χ3v) is 1.87. The topological polar surface area (TPSA) is 70.6 Å². The Balaban J connectivity index is 0.00000256. The van der Waals surface area contributed by atoms with E-state index in [2.05, 4.69) is 10.3 Å². The summed E-state index contributed by atoms with van der Waals surface area (Å²) in [5.41, 5.74) is 6.66. The molecule has 0 heterocycles. The normalized spacial score (nSPS) is 11.8. The largest absolute Gasteiger partial charge is 0.508 e. The lowest BCUT2D eigenvalue weighted by Gasteiger charge is -2.20. The fraction of sp³-hybridized carbons (Fsp3) is 0.417. The van der Waals surface area contributed by atoms with E-state index >= 15 is 0 Å². The Kier molecular flexibility index (Phi) is 6.30. The van der Waals surface area contributed by atoms with Gasteiger partial charge in [-0.25, -0.2) is 4.99 Å². The Morgan fingerprint density at radius 3 is 2.29 bits per heavy atom. The number of rotatable bonds is 2. The Labute approximate surface area is 119 Å². The highest BCUT2D eigenvalue weighted by molar-refractivity contribution is 14.0. The van der Waals surface area contributed by atoms with Crippen molar-refractivity contribution < 1.29 is 5.11 Å². The zero-order valence-electron chi connectivity index (χ0n) is 10.4. The van der Waals surface area contributed by atoms with Crippen molar-refractivity contribution in [1.29, 1.82) is 0 Å². The molecule has 0 saturated heterocycles. The molecule has 0 aliphatic rings. The van der Waals surface area contributed by atoms with Gasteiger partial charge in [0.05, 0.1) is 6.54 Å². The van der Waals surface area contributed by atoms with E-state index in [1.54, 1.807) is 12.1 Å². The monoisotopic (exact) mass is 349 g/mol. The van der Waals surface area contributed by atoms with Crippen LogP contribution in [0.15, 0.2) is 29.3 Å². The summed E-state index contributed by atoms with van der Waals surface area (Å²) >= 11 is 0. The number of hydrogen-bond donors (Lipinski definition) is 3. The number of phenolic OH excluding ortho intramolecular Hbond substituents is 1. The van der Waals surface area contributed by atoms with Crippen molar-refractivity contribution in [3.8, 4) is 5.75 Å². The summed E-state index contributed by atoms with van der Waals surface area (Å²) in [6.45, 7) is 6.58. The molecule has 0 aliphatic heterocycles. The summed E-state index contributed by atoms with van der Waals surface area (Å²) < 4.78 is 0. The smallest absolute Gasteiger partial charge is 0.189 e. The van der Waals surface area contributed by atoms with E-state index < -0.39 is 0 Å². The molecule has 4 N–H and O–H groups in total. The molecule has 0 unspecified atom stereocenters. The van der Waals surface area contributed by atoms with E-state index in [1.165, 1.54) is 0 Å². The van der Waals surface area contributed by atoms with Crippen LogP contribution in [0.3, 0.4) is 0 Å². The van der Waals surface area contributed by atoms with Crippen LogP contribution in [0.4, 0.5) is 0 Å². The number of nitrogens with two attached hydrogens (primary N) is 1. The second kappa shape index (κ2) is 6.68. The van der Waals surface area contributed by atoms with Gasteiger partial charge >= 0.3 is 0 Å². The number of nitrogens with one attached hydrogen (secondary N) is 1. The molecule has 1 aromatic carbocycles. The minimum atomic E-state index is -0.0808. The second-order valence-corrected chi connectivity index (χ2v) is 4.74. The van der Waals surface area contributed by atoms with E-state index in [1.807, 2.05) is 32.9 Å². The number of halogens is 1. The molecule has 4 nitrogen and oxygen atoms in total. The third kappa shape index (κ3) is 7.04. The zero-order valence-corrected chi connectivity index (χ0v) is 12.7. The van der Waals surface area contributed by atoms with Crippen LogP contribution >= 0.6 is 24.0 Å². The number of aromatic hydroxyl groups is 1. The molecular weight excluding hydrogens is 329 g/mol. The van der Waals surface area contributed by atoms with Gasteiger partial charge < -0.3 is 16.2 Å². The molecule has 1 rings (SSSR count). The van der Waals surface area contributed by atoms with Gasteiger partial charge in [0.25, 0.3) is 0 Å². The summed E-state index contributed by atoms with van der Waals surface area (Å²) in [6, 6.07) is 6.92. The summed E-state index contributed by atoms with van der Waals surface area (Å²) in [4.78, 5) is 4.21. The minimum Gasteiger partial charge on any atom is -0.508 e. The highest BCUT2D eigenvalue weighted by Gasteiger charge is 2.09. The average Bonchev–Trinajstić information content (AvgIpc) is 2.14. The maximum atomic E-state index is 9.11. The van der Waals surface area contributed by atoms with Crippen molar-refractivity contribution in [3.63, 3.8) is 0 Å². The molecule has 0 radical (unpaired) electrons. The summed E-state index contributed by atoms with van der Waals surface area (Å²) in [5.74, 6) is 0.689. The Hall–Kier alpha value is -0.980. The minimum absolute atomic E-state index is 0. The lowest BCUT2D eigenvalue weighted by atomic mass is 10.1. The number of phenols is 1. The molecule has 0 saturated carbocycles. The van der Waals surface area contributed by atoms with Crippen molar-refractivity contribution >= 4 is 29.9 Å². The van der Waals surface area contributed by atoms with E-state index in [0.29, 0.717) is 12.5 Å². The van der Waals surface area contributed by atoms with E-state index in [4.69, 9.17) is 10.8 Å². The number of hydrogen-bond acceptors (Lipinski definition) is 2. The molecule has 17 heavy (non-hydrogen) atoms. The van der Waals surface area contributed by atoms with Crippen molar-refractivity contribution in [2.45, 2.75) is 32.9 Å². The second-order valence-electron chi connectivity index (χ2n) is 4.74. The number of guanidine groups is 1. The van der Waals surface area contributed by atoms with Gasteiger partial charge in [-0.2, -0.15) is 0 Å². The fourth-order valence-electron chi connectivity index (χ4n) is 1.20. The summed E-state index contributed by atoms with van der Waals surface area (Å²) in [6.07, 6.45) is 0. The van der Waals surface area contributed by atoms with Crippen LogP contribution in [-0.4, -0.2) is 16.6 Å². The number of nitrogens with zero attached hydrogens (tertiary/aromatic N) is 1. The molecule has 5 heteroatoms. The molecule has 0 bridgehead atoms. The maximum Gasteiger partial charge on any atom is 0.189 e. The van der Waals surface area contributed by atoms with E-state index in [0.717, 1.165) is 5.56 Å². The first kappa shape index (κ1) is 16.0. The molecule has 96 valence electrons. The van der Waals surface area contributed by atoms with Crippen LogP contribution in [0, 0.1) is 0 Å². The third-order valence-electron chi connectivity index (χ3n) is 1.87. The van der Waals surface area contributed by atoms with Crippen molar-refractivity contribution in [2.75, 3.05) is 0 Å². The van der Waals surface area contributed by atoms with Gasteiger partial charge in [0, 0.05) is 5.54 Å². The zero-order chi connectivity index (χ0) is 12.2. The van der Waals surface area contributed by atoms with Gasteiger partial charge in [-0.1, -0.05) is 12.1 Å². The van der Waals surface area contributed by atoms with Gasteiger partial charge in [0.2, 0.25) is 0 Å². The van der Waals surface area contributed by atoms with Crippen LogP contribution in [0.2, 0.25) is 0 Å². The number of aliphatic imine (C=N–C) groups is 1. The van der Waals surface area contributed by atoms with Crippen molar-refractivity contribution in [3.05, 3.63) is 29.8 Å². The summed E-state index contributed by atoms with van der Waals surface area (Å²) in [5, 5.41) is 12.2. The summed E-state index contributed by atoms with van der Waals surface area (Å²) in [7, 11) is 0. The van der Waals surface area contributed by atoms with Gasteiger partial charge in [-0.3, -0.25) is 0 Å². The molecule has 1 aromatic rings. The SMILES string of the molecule is CC(C)(C)NC(N)=NCc1ccc(O)cc1.I. The Bertz CT molecular complexity index is 368. The van der Waals surface area contributed by atoms with Crippen LogP contribution in [0.1, 0.15) is 26.3 Å². The molecule has 0 amide bonds. The Morgan fingerprint density at radius 1 is 1.29 bits per heavy atom. The van der Waals surface area contributed by atoms with Gasteiger partial charge in [0.15, 0.2) is 5.96 Å². The molecule has 0 fully saturated rings. The van der Waals surface area contributed by atoms with Crippen LogP contribution in [-0.2, 0) is 6.54 Å².